The topological polar surface area (TPSA) is 92.3 Å². The number of thiazole rings is 1. The van der Waals surface area contributed by atoms with Crippen molar-refractivity contribution in [2.24, 2.45) is 0 Å². The van der Waals surface area contributed by atoms with Gasteiger partial charge in [-0.15, -0.1) is 22.7 Å². The lowest BCUT2D eigenvalue weighted by Crippen LogP contribution is -2.35. The van der Waals surface area contributed by atoms with Crippen molar-refractivity contribution in [1.82, 2.24) is 14.3 Å². The zero-order valence-corrected chi connectivity index (χ0v) is 15.6. The first-order valence-corrected chi connectivity index (χ1v) is 10.3. The molecule has 0 fully saturated rings. The molecule has 7 nitrogen and oxygen atoms in total. The average Bonchev–Trinajstić information content (AvgIpc) is 3.26. The van der Waals surface area contributed by atoms with E-state index in [4.69, 9.17) is 0 Å². The van der Waals surface area contributed by atoms with Crippen LogP contribution in [0.3, 0.4) is 0 Å². The molecule has 0 saturated carbocycles. The van der Waals surface area contributed by atoms with E-state index in [2.05, 4.69) is 15.3 Å². The number of amides is 1. The fourth-order valence-corrected chi connectivity index (χ4v) is 4.57. The molecule has 0 aliphatic carbocycles. The first-order chi connectivity index (χ1) is 12.0. The molecule has 0 saturated heterocycles. The van der Waals surface area contributed by atoms with Gasteiger partial charge in [-0.05, 0) is 23.6 Å². The number of carbonyl (C=O) groups is 1. The summed E-state index contributed by atoms with van der Waals surface area (Å²) in [6, 6.07) is 6.84. The minimum Gasteiger partial charge on any atom is -0.301 e. The Kier molecular flexibility index (Phi) is 5.23. The maximum Gasteiger partial charge on any atom is 0.244 e. The third kappa shape index (κ3) is 4.10. The maximum absolute atomic E-state index is 12.4. The molecule has 130 valence electrons. The maximum atomic E-state index is 12.4. The van der Waals surface area contributed by atoms with Gasteiger partial charge in [0.2, 0.25) is 15.9 Å². The molecule has 1 N–H and O–H groups in total. The van der Waals surface area contributed by atoms with Crippen LogP contribution in [-0.4, -0.2) is 42.2 Å². The molecule has 0 unspecified atom stereocenters. The Labute approximate surface area is 153 Å². The van der Waals surface area contributed by atoms with E-state index in [1.165, 1.54) is 42.9 Å². The molecule has 0 aliphatic rings. The summed E-state index contributed by atoms with van der Waals surface area (Å²) >= 11 is 2.85. The molecular weight excluding hydrogens is 380 g/mol. The van der Waals surface area contributed by atoms with Crippen LogP contribution in [0.4, 0.5) is 5.13 Å². The lowest BCUT2D eigenvalue weighted by atomic mass is 10.4. The molecule has 3 heterocycles. The molecule has 3 rings (SSSR count). The molecule has 3 aromatic rings. The number of carbonyl (C=O) groups excluding carboxylic acids is 1. The summed E-state index contributed by atoms with van der Waals surface area (Å²) in [6.45, 7) is -0.314. The van der Waals surface area contributed by atoms with Gasteiger partial charge in [0, 0.05) is 24.8 Å². The van der Waals surface area contributed by atoms with Gasteiger partial charge >= 0.3 is 0 Å². The molecule has 10 heteroatoms. The van der Waals surface area contributed by atoms with Gasteiger partial charge < -0.3 is 5.32 Å². The lowest BCUT2D eigenvalue weighted by molar-refractivity contribution is -0.116. The van der Waals surface area contributed by atoms with Crippen LogP contribution in [0, 0.1) is 0 Å². The molecule has 3 aromatic heterocycles. The molecule has 0 spiro atoms. The summed E-state index contributed by atoms with van der Waals surface area (Å²) in [6.07, 6.45) is 2.73. The first kappa shape index (κ1) is 17.7. The van der Waals surface area contributed by atoms with Crippen molar-refractivity contribution in [3.63, 3.8) is 0 Å². The predicted molar refractivity (Wildman–Crippen MR) is 98.1 cm³/mol. The summed E-state index contributed by atoms with van der Waals surface area (Å²) in [5.74, 6) is -0.456. The zero-order chi connectivity index (χ0) is 17.9. The van der Waals surface area contributed by atoms with Crippen LogP contribution in [0.2, 0.25) is 0 Å². The summed E-state index contributed by atoms with van der Waals surface area (Å²) in [5.41, 5.74) is 0.784. The first-order valence-electron chi connectivity index (χ1n) is 7.12. The highest BCUT2D eigenvalue weighted by Gasteiger charge is 2.23. The van der Waals surface area contributed by atoms with E-state index in [-0.39, 0.29) is 11.4 Å². The summed E-state index contributed by atoms with van der Waals surface area (Å²) in [5, 5.41) is 6.86. The monoisotopic (exact) mass is 394 g/mol. The Morgan fingerprint density at radius 2 is 2.12 bits per heavy atom. The smallest absolute Gasteiger partial charge is 0.244 e. The largest absolute Gasteiger partial charge is 0.301 e. The number of aromatic nitrogens is 2. The Balaban J connectivity index is 1.64. The number of pyridine rings is 1. The standard InChI is InChI=1S/C15H14N4O3S3/c1-19(25(21,22)11-4-2-6-16-8-11)9-14(20)18-15-17-12(10-24-15)13-5-3-7-23-13/h2-8,10H,9H2,1H3,(H,17,18,20). The van der Waals surface area contributed by atoms with Gasteiger partial charge in [-0.1, -0.05) is 6.07 Å². The van der Waals surface area contributed by atoms with Crippen LogP contribution in [0.25, 0.3) is 10.6 Å². The third-order valence-corrected chi connectivity index (χ3v) is 6.67. The Morgan fingerprint density at radius 3 is 2.80 bits per heavy atom. The SMILES string of the molecule is CN(CC(=O)Nc1nc(-c2cccs2)cs1)S(=O)(=O)c1cccnc1. The highest BCUT2D eigenvalue weighted by atomic mass is 32.2. The molecular formula is C15H14N4O3S3. The van der Waals surface area contributed by atoms with Gasteiger partial charge in [0.1, 0.15) is 4.90 Å². The van der Waals surface area contributed by atoms with E-state index in [0.29, 0.717) is 5.13 Å². The number of hydrogen-bond donors (Lipinski definition) is 1. The quantitative estimate of drug-likeness (QED) is 0.694. The minimum absolute atomic E-state index is 0.0412. The van der Waals surface area contributed by atoms with Crippen molar-refractivity contribution >= 4 is 43.7 Å². The lowest BCUT2D eigenvalue weighted by Gasteiger charge is -2.16. The van der Waals surface area contributed by atoms with E-state index in [1.807, 2.05) is 22.9 Å². The van der Waals surface area contributed by atoms with Crippen molar-refractivity contribution in [2.75, 3.05) is 18.9 Å². The van der Waals surface area contributed by atoms with Crippen LogP contribution in [-0.2, 0) is 14.8 Å². The fourth-order valence-electron chi connectivity index (χ4n) is 1.99. The van der Waals surface area contributed by atoms with Gasteiger partial charge in [-0.2, -0.15) is 4.31 Å². The predicted octanol–water partition coefficient (Wildman–Crippen LogP) is 2.53. The number of nitrogens with one attached hydrogen (secondary N) is 1. The summed E-state index contributed by atoms with van der Waals surface area (Å²) < 4.78 is 25.7. The second kappa shape index (κ2) is 7.40. The molecule has 0 bridgehead atoms. The van der Waals surface area contributed by atoms with Crippen molar-refractivity contribution < 1.29 is 13.2 Å². The van der Waals surface area contributed by atoms with Crippen LogP contribution < -0.4 is 5.32 Å². The van der Waals surface area contributed by atoms with Gasteiger partial charge in [0.15, 0.2) is 5.13 Å². The van der Waals surface area contributed by atoms with Crippen molar-refractivity contribution in [3.8, 4) is 10.6 Å². The van der Waals surface area contributed by atoms with Gasteiger partial charge in [-0.3, -0.25) is 9.78 Å². The van der Waals surface area contributed by atoms with E-state index in [0.717, 1.165) is 14.9 Å². The molecule has 25 heavy (non-hydrogen) atoms. The molecule has 0 aromatic carbocycles. The van der Waals surface area contributed by atoms with Crippen molar-refractivity contribution in [2.45, 2.75) is 4.90 Å². The van der Waals surface area contributed by atoms with E-state index >= 15 is 0 Å². The molecule has 1 amide bonds. The van der Waals surface area contributed by atoms with Crippen LogP contribution in [0.1, 0.15) is 0 Å². The Morgan fingerprint density at radius 1 is 1.28 bits per heavy atom. The average molecular weight is 395 g/mol. The van der Waals surface area contributed by atoms with Gasteiger partial charge in [0.05, 0.1) is 17.1 Å². The van der Waals surface area contributed by atoms with Crippen molar-refractivity contribution in [3.05, 3.63) is 47.4 Å². The molecule has 0 aliphatic heterocycles. The van der Waals surface area contributed by atoms with Crippen LogP contribution in [0.5, 0.6) is 0 Å². The fraction of sp³-hybridized carbons (Fsp3) is 0.133. The van der Waals surface area contributed by atoms with E-state index in [9.17, 15) is 13.2 Å². The summed E-state index contributed by atoms with van der Waals surface area (Å²) in [7, 11) is -2.41. The van der Waals surface area contributed by atoms with Crippen LogP contribution >= 0.6 is 22.7 Å². The normalized spacial score (nSPS) is 11.6. The number of rotatable bonds is 6. The van der Waals surface area contributed by atoms with E-state index < -0.39 is 15.9 Å². The third-order valence-electron chi connectivity index (χ3n) is 3.23. The van der Waals surface area contributed by atoms with Crippen LogP contribution in [0.15, 0.2) is 52.3 Å². The molecule has 0 radical (unpaired) electrons. The minimum atomic E-state index is -3.76. The Hall–Kier alpha value is -2.14. The van der Waals surface area contributed by atoms with E-state index in [1.54, 1.807) is 11.3 Å². The second-order valence-electron chi connectivity index (χ2n) is 5.01. The second-order valence-corrected chi connectivity index (χ2v) is 8.86. The zero-order valence-electron chi connectivity index (χ0n) is 13.1. The molecule has 0 atom stereocenters. The number of likely N-dealkylation sites (N-methyl/N-ethyl adjacent to an activating group) is 1. The summed E-state index contributed by atoms with van der Waals surface area (Å²) in [4.78, 5) is 21.3. The number of anilines is 1. The number of nitrogens with zero attached hydrogens (tertiary/aromatic N) is 3. The number of sulfonamides is 1. The highest BCUT2D eigenvalue weighted by Crippen LogP contribution is 2.28. The van der Waals surface area contributed by atoms with Gasteiger partial charge in [0.25, 0.3) is 0 Å². The highest BCUT2D eigenvalue weighted by molar-refractivity contribution is 7.89. The number of hydrogen-bond acceptors (Lipinski definition) is 7. The van der Waals surface area contributed by atoms with Crippen molar-refractivity contribution in [1.29, 1.82) is 0 Å². The number of thiophene rings is 1. The van der Waals surface area contributed by atoms with Gasteiger partial charge in [-0.25, -0.2) is 13.4 Å². The Bertz CT molecular complexity index is 953.